The average Bonchev–Trinajstić information content (AvgIpc) is 3.01. The lowest BCUT2D eigenvalue weighted by Crippen LogP contribution is -2.13. The van der Waals surface area contributed by atoms with Crippen molar-refractivity contribution in [3.63, 3.8) is 0 Å². The summed E-state index contributed by atoms with van der Waals surface area (Å²) in [6.07, 6.45) is 1.52. The van der Waals surface area contributed by atoms with Crippen molar-refractivity contribution in [2.24, 2.45) is 0 Å². The number of hydrogen-bond donors (Lipinski definition) is 1. The van der Waals surface area contributed by atoms with E-state index in [0.717, 1.165) is 22.6 Å². The number of non-ortho nitro benzene ring substituents is 1. The van der Waals surface area contributed by atoms with Crippen LogP contribution in [-0.4, -0.2) is 15.4 Å². The molecule has 1 heterocycles. The largest absolute Gasteiger partial charge is 0.321 e. The third-order valence-corrected chi connectivity index (χ3v) is 5.29. The molecule has 2 aromatic carbocycles. The van der Waals surface area contributed by atoms with Crippen molar-refractivity contribution in [3.05, 3.63) is 91.8 Å². The van der Waals surface area contributed by atoms with E-state index in [1.165, 1.54) is 18.2 Å². The number of nitrogens with one attached hydrogen (secondary N) is 1. The SMILES string of the molecule is Cc1ccc(NC(=O)/C(C#N)=C/c2cc(C)n(-c3ccc([N+](=O)[O-])cc3)c2C)cc1Cl. The number of benzene rings is 2. The van der Waals surface area contributed by atoms with E-state index in [9.17, 15) is 20.2 Å². The molecule has 0 radical (unpaired) electrons. The summed E-state index contributed by atoms with van der Waals surface area (Å²) < 4.78 is 1.90. The summed E-state index contributed by atoms with van der Waals surface area (Å²) in [5.74, 6) is -0.539. The number of carbonyl (C=O) groups is 1. The van der Waals surface area contributed by atoms with Gasteiger partial charge in [-0.05, 0) is 68.3 Å². The number of aromatic nitrogens is 1. The first-order valence-corrected chi connectivity index (χ1v) is 9.72. The molecule has 1 aromatic heterocycles. The molecule has 1 N–H and O–H groups in total. The van der Waals surface area contributed by atoms with Crippen molar-refractivity contribution >= 4 is 35.0 Å². The second-order valence-electron chi connectivity index (χ2n) is 7.02. The number of hydrogen-bond acceptors (Lipinski definition) is 4. The number of halogens is 1. The number of nitriles is 1. The van der Waals surface area contributed by atoms with Gasteiger partial charge in [-0.2, -0.15) is 5.26 Å². The molecule has 0 saturated heterocycles. The van der Waals surface area contributed by atoms with Gasteiger partial charge in [0.1, 0.15) is 11.6 Å². The summed E-state index contributed by atoms with van der Waals surface area (Å²) in [5.41, 5.74) is 4.44. The van der Waals surface area contributed by atoms with Gasteiger partial charge in [-0.25, -0.2) is 0 Å². The number of nitrogens with zero attached hydrogens (tertiary/aromatic N) is 3. The predicted octanol–water partition coefficient (Wildman–Crippen LogP) is 5.51. The molecule has 7 nitrogen and oxygen atoms in total. The fourth-order valence-electron chi connectivity index (χ4n) is 3.23. The lowest BCUT2D eigenvalue weighted by molar-refractivity contribution is -0.384. The van der Waals surface area contributed by atoms with Crippen LogP contribution in [0.3, 0.4) is 0 Å². The van der Waals surface area contributed by atoms with Crippen LogP contribution in [-0.2, 0) is 4.79 Å². The molecule has 31 heavy (non-hydrogen) atoms. The van der Waals surface area contributed by atoms with E-state index in [2.05, 4.69) is 5.32 Å². The number of carbonyl (C=O) groups excluding carboxylic acids is 1. The first-order valence-electron chi connectivity index (χ1n) is 9.34. The van der Waals surface area contributed by atoms with Crippen LogP contribution in [0.25, 0.3) is 11.8 Å². The Hall–Kier alpha value is -3.89. The Labute approximate surface area is 184 Å². The van der Waals surface area contributed by atoms with Gasteiger partial charge in [0.2, 0.25) is 0 Å². The number of nitro benzene ring substituents is 1. The zero-order valence-electron chi connectivity index (χ0n) is 17.1. The van der Waals surface area contributed by atoms with Gasteiger partial charge in [0.15, 0.2) is 0 Å². The van der Waals surface area contributed by atoms with E-state index in [4.69, 9.17) is 11.6 Å². The molecule has 0 aliphatic rings. The molecule has 0 unspecified atom stereocenters. The van der Waals surface area contributed by atoms with Gasteiger partial charge >= 0.3 is 0 Å². The number of aryl methyl sites for hydroxylation is 2. The Morgan fingerprint density at radius 2 is 1.84 bits per heavy atom. The van der Waals surface area contributed by atoms with Crippen LogP contribution in [0.5, 0.6) is 0 Å². The zero-order valence-corrected chi connectivity index (χ0v) is 17.9. The third-order valence-electron chi connectivity index (χ3n) is 4.88. The molecular weight excluding hydrogens is 416 g/mol. The maximum Gasteiger partial charge on any atom is 0.269 e. The maximum absolute atomic E-state index is 12.6. The van der Waals surface area contributed by atoms with Crippen LogP contribution in [0, 0.1) is 42.2 Å². The Bertz CT molecular complexity index is 1250. The minimum atomic E-state index is -0.539. The summed E-state index contributed by atoms with van der Waals surface area (Å²) in [6, 6.07) is 15.1. The van der Waals surface area contributed by atoms with Crippen LogP contribution >= 0.6 is 11.6 Å². The van der Waals surface area contributed by atoms with Gasteiger partial charge in [-0.15, -0.1) is 0 Å². The number of anilines is 1. The van der Waals surface area contributed by atoms with Crippen LogP contribution in [0.2, 0.25) is 5.02 Å². The zero-order chi connectivity index (χ0) is 22.7. The highest BCUT2D eigenvalue weighted by atomic mass is 35.5. The molecule has 0 fully saturated rings. The molecule has 0 bridgehead atoms. The van der Waals surface area contributed by atoms with Crippen molar-refractivity contribution in [3.8, 4) is 11.8 Å². The fourth-order valence-corrected chi connectivity index (χ4v) is 3.41. The predicted molar refractivity (Wildman–Crippen MR) is 120 cm³/mol. The molecule has 0 atom stereocenters. The molecule has 3 rings (SSSR count). The van der Waals surface area contributed by atoms with E-state index < -0.39 is 10.8 Å². The van der Waals surface area contributed by atoms with Crippen molar-refractivity contribution < 1.29 is 9.72 Å². The Morgan fingerprint density at radius 3 is 2.42 bits per heavy atom. The van der Waals surface area contributed by atoms with Gasteiger partial charge in [0.25, 0.3) is 11.6 Å². The molecule has 8 heteroatoms. The summed E-state index contributed by atoms with van der Waals surface area (Å²) in [4.78, 5) is 23.0. The third kappa shape index (κ3) is 4.65. The number of amides is 1. The topological polar surface area (TPSA) is 101 Å². The van der Waals surface area contributed by atoms with Gasteiger partial charge in [-0.1, -0.05) is 17.7 Å². The minimum absolute atomic E-state index is 0.00554. The van der Waals surface area contributed by atoms with Crippen molar-refractivity contribution in [2.45, 2.75) is 20.8 Å². The maximum atomic E-state index is 12.6. The Kier molecular flexibility index (Phi) is 6.23. The van der Waals surface area contributed by atoms with E-state index in [-0.39, 0.29) is 11.3 Å². The summed E-state index contributed by atoms with van der Waals surface area (Å²) >= 11 is 6.10. The van der Waals surface area contributed by atoms with Gasteiger partial charge in [0, 0.05) is 39.9 Å². The second-order valence-corrected chi connectivity index (χ2v) is 7.43. The van der Waals surface area contributed by atoms with E-state index in [0.29, 0.717) is 16.3 Å². The summed E-state index contributed by atoms with van der Waals surface area (Å²) in [5, 5.41) is 23.6. The van der Waals surface area contributed by atoms with Crippen molar-refractivity contribution in [1.82, 2.24) is 4.57 Å². The molecule has 0 spiro atoms. The van der Waals surface area contributed by atoms with E-state index in [1.54, 1.807) is 30.3 Å². The molecule has 0 aliphatic heterocycles. The smallest absolute Gasteiger partial charge is 0.269 e. The normalized spacial score (nSPS) is 11.1. The molecule has 0 saturated carbocycles. The monoisotopic (exact) mass is 434 g/mol. The summed E-state index contributed by atoms with van der Waals surface area (Å²) in [6.45, 7) is 5.59. The lowest BCUT2D eigenvalue weighted by atomic mass is 10.1. The van der Waals surface area contributed by atoms with E-state index >= 15 is 0 Å². The highest BCUT2D eigenvalue weighted by Gasteiger charge is 2.15. The number of rotatable bonds is 5. The molecule has 3 aromatic rings. The van der Waals surface area contributed by atoms with Crippen LogP contribution in [0.15, 0.2) is 54.1 Å². The standard InChI is InChI=1S/C23H19ClN4O3/c1-14-4-5-19(12-22(14)24)26-23(29)18(13-25)11-17-10-15(2)27(16(17)3)20-6-8-21(9-7-20)28(30)31/h4-12H,1-3H3,(H,26,29)/b18-11+. The molecule has 1 amide bonds. The highest BCUT2D eigenvalue weighted by molar-refractivity contribution is 6.31. The number of nitro groups is 1. The lowest BCUT2D eigenvalue weighted by Gasteiger charge is -2.09. The first kappa shape index (κ1) is 21.8. The van der Waals surface area contributed by atoms with Crippen molar-refractivity contribution in [2.75, 3.05) is 5.32 Å². The minimum Gasteiger partial charge on any atom is -0.321 e. The first-order chi connectivity index (χ1) is 14.7. The molecule has 0 aliphatic carbocycles. The van der Waals surface area contributed by atoms with E-state index in [1.807, 2.05) is 37.5 Å². The van der Waals surface area contributed by atoms with Gasteiger partial charge in [-0.3, -0.25) is 14.9 Å². The van der Waals surface area contributed by atoms with Gasteiger partial charge in [0.05, 0.1) is 4.92 Å². The fraction of sp³-hybridized carbons (Fsp3) is 0.130. The molecule has 156 valence electrons. The Balaban J connectivity index is 1.91. The van der Waals surface area contributed by atoms with Crippen LogP contribution in [0.4, 0.5) is 11.4 Å². The van der Waals surface area contributed by atoms with Crippen LogP contribution < -0.4 is 5.32 Å². The van der Waals surface area contributed by atoms with Gasteiger partial charge < -0.3 is 9.88 Å². The highest BCUT2D eigenvalue weighted by Crippen LogP contribution is 2.25. The van der Waals surface area contributed by atoms with Crippen LogP contribution in [0.1, 0.15) is 22.5 Å². The molecular formula is C23H19ClN4O3. The average molecular weight is 435 g/mol. The van der Waals surface area contributed by atoms with Crippen molar-refractivity contribution in [1.29, 1.82) is 5.26 Å². The second kappa shape index (κ2) is 8.86. The quantitative estimate of drug-likeness (QED) is 0.247. The summed E-state index contributed by atoms with van der Waals surface area (Å²) in [7, 11) is 0. The Morgan fingerprint density at radius 1 is 1.16 bits per heavy atom.